The maximum atomic E-state index is 13.9. The fourth-order valence-electron chi connectivity index (χ4n) is 2.35. The Hall–Kier alpha value is -2.38. The number of hydrogen-bond donors (Lipinski definition) is 0. The van der Waals surface area contributed by atoms with Gasteiger partial charge >= 0.3 is 0 Å². The van der Waals surface area contributed by atoms with Gasteiger partial charge in [0.2, 0.25) is 0 Å². The molecule has 1 aromatic heterocycles. The van der Waals surface area contributed by atoms with Crippen LogP contribution in [0.2, 0.25) is 0 Å². The zero-order valence-electron chi connectivity index (χ0n) is 13.9. The van der Waals surface area contributed by atoms with Crippen molar-refractivity contribution in [1.82, 2.24) is 9.88 Å². The lowest BCUT2D eigenvalue weighted by atomic mass is 10.2. The number of para-hydroxylation sites is 1. The number of fused-ring (bicyclic) bond motifs is 1. The van der Waals surface area contributed by atoms with Crippen LogP contribution in [0, 0.1) is 11.6 Å². The Morgan fingerprint density at radius 3 is 2.44 bits per heavy atom. The molecule has 1 heterocycles. The summed E-state index contributed by atoms with van der Waals surface area (Å²) in [5.41, 5.74) is 0.615. The molecule has 0 saturated carbocycles. The monoisotopic (exact) mass is 361 g/mol. The van der Waals surface area contributed by atoms with Gasteiger partial charge in [-0.3, -0.25) is 9.69 Å². The first-order chi connectivity index (χ1) is 12.0. The van der Waals surface area contributed by atoms with Gasteiger partial charge in [-0.25, -0.2) is 13.8 Å². The smallest absolute Gasteiger partial charge is 0.260 e. The van der Waals surface area contributed by atoms with E-state index >= 15 is 0 Å². The molecule has 0 aliphatic heterocycles. The van der Waals surface area contributed by atoms with Crippen LogP contribution < -0.4 is 4.90 Å². The number of aromatic nitrogens is 1. The van der Waals surface area contributed by atoms with Crippen molar-refractivity contribution in [2.75, 3.05) is 32.1 Å². The zero-order valence-corrected chi connectivity index (χ0v) is 14.7. The summed E-state index contributed by atoms with van der Waals surface area (Å²) in [5, 5.41) is 0.427. The molecule has 3 aromatic rings. The molecule has 25 heavy (non-hydrogen) atoms. The van der Waals surface area contributed by atoms with Crippen molar-refractivity contribution < 1.29 is 13.6 Å². The molecule has 0 aliphatic carbocycles. The Labute approximate surface area is 148 Å². The average molecular weight is 361 g/mol. The Balaban J connectivity index is 1.99. The van der Waals surface area contributed by atoms with Crippen molar-refractivity contribution in [1.29, 1.82) is 0 Å². The second kappa shape index (κ2) is 7.25. The quantitative estimate of drug-likeness (QED) is 0.694. The predicted octanol–water partition coefficient (Wildman–Crippen LogP) is 3.78. The summed E-state index contributed by atoms with van der Waals surface area (Å²) >= 11 is 1.26. The highest BCUT2D eigenvalue weighted by Gasteiger charge is 2.22. The van der Waals surface area contributed by atoms with E-state index < -0.39 is 11.6 Å². The SMILES string of the molecule is CN(C)CCN(C(=O)c1ccc(F)cc1)c1nc2c(F)cccc2s1. The maximum Gasteiger partial charge on any atom is 0.260 e. The Bertz CT molecular complexity index is 893. The number of halogens is 2. The summed E-state index contributed by atoms with van der Waals surface area (Å²) in [4.78, 5) is 20.7. The number of nitrogens with zero attached hydrogens (tertiary/aromatic N) is 3. The molecule has 0 aliphatic rings. The molecule has 0 spiro atoms. The topological polar surface area (TPSA) is 36.4 Å². The molecule has 0 N–H and O–H groups in total. The van der Waals surface area contributed by atoms with Crippen LogP contribution in [0.4, 0.5) is 13.9 Å². The largest absolute Gasteiger partial charge is 0.308 e. The van der Waals surface area contributed by atoms with E-state index in [1.54, 1.807) is 12.1 Å². The van der Waals surface area contributed by atoms with Crippen molar-refractivity contribution in [3.05, 3.63) is 59.7 Å². The second-order valence-corrected chi connectivity index (χ2v) is 6.86. The molecule has 2 aromatic carbocycles. The minimum Gasteiger partial charge on any atom is -0.308 e. The van der Waals surface area contributed by atoms with Gasteiger partial charge in [-0.2, -0.15) is 0 Å². The van der Waals surface area contributed by atoms with E-state index in [1.807, 2.05) is 19.0 Å². The van der Waals surface area contributed by atoms with Crippen LogP contribution in [0.3, 0.4) is 0 Å². The number of carbonyl (C=O) groups excluding carboxylic acids is 1. The van der Waals surface area contributed by atoms with Crippen molar-refractivity contribution in [3.8, 4) is 0 Å². The van der Waals surface area contributed by atoms with E-state index in [-0.39, 0.29) is 11.4 Å². The average Bonchev–Trinajstić information content (AvgIpc) is 3.00. The highest BCUT2D eigenvalue weighted by Crippen LogP contribution is 2.31. The third-order valence-corrected chi connectivity index (χ3v) is 4.74. The van der Waals surface area contributed by atoms with Gasteiger partial charge < -0.3 is 4.90 Å². The molecule has 1 amide bonds. The van der Waals surface area contributed by atoms with Crippen LogP contribution in [0.15, 0.2) is 42.5 Å². The number of benzene rings is 2. The first-order valence-corrected chi connectivity index (χ1v) is 8.54. The molecular formula is C18H17F2N3OS. The highest BCUT2D eigenvalue weighted by atomic mass is 32.1. The van der Waals surface area contributed by atoms with Gasteiger partial charge in [-0.05, 0) is 50.5 Å². The fourth-order valence-corrected chi connectivity index (χ4v) is 3.36. The number of carbonyl (C=O) groups is 1. The van der Waals surface area contributed by atoms with Crippen LogP contribution >= 0.6 is 11.3 Å². The lowest BCUT2D eigenvalue weighted by molar-refractivity contribution is 0.0985. The predicted molar refractivity (Wildman–Crippen MR) is 96.2 cm³/mol. The summed E-state index contributed by atoms with van der Waals surface area (Å²) in [6.07, 6.45) is 0. The number of amides is 1. The molecule has 7 heteroatoms. The third-order valence-electron chi connectivity index (χ3n) is 3.70. The first-order valence-electron chi connectivity index (χ1n) is 7.73. The maximum absolute atomic E-state index is 13.9. The molecule has 0 unspecified atom stereocenters. The van der Waals surface area contributed by atoms with Gasteiger partial charge in [0, 0.05) is 18.7 Å². The molecule has 0 atom stereocenters. The molecule has 0 fully saturated rings. The molecule has 0 radical (unpaired) electrons. The van der Waals surface area contributed by atoms with Crippen LogP contribution in [-0.2, 0) is 0 Å². The number of anilines is 1. The summed E-state index contributed by atoms with van der Waals surface area (Å²) in [6, 6.07) is 10.1. The molecule has 0 saturated heterocycles. The van der Waals surface area contributed by atoms with Gasteiger partial charge in [-0.1, -0.05) is 17.4 Å². The van der Waals surface area contributed by atoms with E-state index in [2.05, 4.69) is 4.98 Å². The summed E-state index contributed by atoms with van der Waals surface area (Å²) < 4.78 is 27.7. The number of rotatable bonds is 5. The van der Waals surface area contributed by atoms with Crippen molar-refractivity contribution in [3.63, 3.8) is 0 Å². The summed E-state index contributed by atoms with van der Waals surface area (Å²) in [5.74, 6) is -1.11. The van der Waals surface area contributed by atoms with E-state index in [0.29, 0.717) is 28.5 Å². The highest BCUT2D eigenvalue weighted by molar-refractivity contribution is 7.22. The van der Waals surface area contributed by atoms with Gasteiger partial charge in [0.25, 0.3) is 5.91 Å². The summed E-state index contributed by atoms with van der Waals surface area (Å²) in [7, 11) is 3.80. The molecule has 130 valence electrons. The van der Waals surface area contributed by atoms with Gasteiger partial charge in [0.1, 0.15) is 17.2 Å². The van der Waals surface area contributed by atoms with E-state index in [9.17, 15) is 13.6 Å². The first kappa shape index (κ1) is 17.4. The minimum atomic E-state index is -0.415. The van der Waals surface area contributed by atoms with Crippen molar-refractivity contribution >= 4 is 32.6 Å². The van der Waals surface area contributed by atoms with Crippen molar-refractivity contribution in [2.45, 2.75) is 0 Å². The normalized spacial score (nSPS) is 11.2. The molecule has 0 bridgehead atoms. The Kier molecular flexibility index (Phi) is 5.06. The third kappa shape index (κ3) is 3.83. The lowest BCUT2D eigenvalue weighted by Gasteiger charge is -2.22. The number of likely N-dealkylation sites (N-methyl/N-ethyl adjacent to an activating group) is 1. The zero-order chi connectivity index (χ0) is 18.0. The van der Waals surface area contributed by atoms with E-state index in [4.69, 9.17) is 0 Å². The molecule has 3 rings (SSSR count). The Morgan fingerprint density at radius 2 is 1.80 bits per heavy atom. The van der Waals surface area contributed by atoms with Crippen LogP contribution in [0.25, 0.3) is 10.2 Å². The lowest BCUT2D eigenvalue weighted by Crippen LogP contribution is -2.36. The number of thiazole rings is 1. The van der Waals surface area contributed by atoms with Crippen LogP contribution in [-0.4, -0.2) is 43.0 Å². The van der Waals surface area contributed by atoms with E-state index in [1.165, 1.54) is 46.6 Å². The second-order valence-electron chi connectivity index (χ2n) is 5.85. The van der Waals surface area contributed by atoms with Gasteiger partial charge in [0.15, 0.2) is 5.13 Å². The standard InChI is InChI=1S/C18H17F2N3OS/c1-22(2)10-11-23(17(24)12-6-8-13(19)9-7-12)18-21-16-14(20)4-3-5-15(16)25-18/h3-9H,10-11H2,1-2H3. The number of hydrogen-bond acceptors (Lipinski definition) is 4. The minimum absolute atomic E-state index is 0.254. The van der Waals surface area contributed by atoms with Gasteiger partial charge in [-0.15, -0.1) is 0 Å². The Morgan fingerprint density at radius 1 is 1.08 bits per heavy atom. The molecular weight excluding hydrogens is 344 g/mol. The molecule has 4 nitrogen and oxygen atoms in total. The van der Waals surface area contributed by atoms with Crippen molar-refractivity contribution in [2.24, 2.45) is 0 Å². The van der Waals surface area contributed by atoms with E-state index in [0.717, 1.165) is 0 Å². The fraction of sp³-hybridized carbons (Fsp3) is 0.222. The summed E-state index contributed by atoms with van der Waals surface area (Å²) in [6.45, 7) is 1.01. The van der Waals surface area contributed by atoms with Gasteiger partial charge in [0.05, 0.1) is 4.70 Å². The van der Waals surface area contributed by atoms with Crippen LogP contribution in [0.5, 0.6) is 0 Å². The van der Waals surface area contributed by atoms with Crippen LogP contribution in [0.1, 0.15) is 10.4 Å².